The molecule has 1 aromatic rings. The molecule has 1 aliphatic carbocycles. The van der Waals surface area contributed by atoms with Crippen molar-refractivity contribution < 1.29 is 4.92 Å². The maximum Gasteiger partial charge on any atom is 0.312 e. The molecule has 1 heterocycles. The van der Waals surface area contributed by atoms with Crippen LogP contribution in [0.3, 0.4) is 0 Å². The molecule has 6 heteroatoms. The van der Waals surface area contributed by atoms with Crippen LogP contribution >= 0.6 is 11.6 Å². The normalized spacial score (nSPS) is 20.5. The summed E-state index contributed by atoms with van der Waals surface area (Å²) in [6, 6.07) is 1.48. The number of aromatic nitrogens is 1. The largest absolute Gasteiger partial charge is 0.360 e. The van der Waals surface area contributed by atoms with Gasteiger partial charge in [0.05, 0.1) is 9.95 Å². The summed E-state index contributed by atoms with van der Waals surface area (Å²) >= 11 is 5.73. The second kappa shape index (κ2) is 3.82. The molecule has 1 N–H and O–H groups in total. The Morgan fingerprint density at radius 3 is 2.39 bits per heavy atom. The number of halogens is 1. The second-order valence-corrected chi connectivity index (χ2v) is 6.24. The Labute approximate surface area is 111 Å². The highest BCUT2D eigenvalue weighted by Crippen LogP contribution is 2.63. The van der Waals surface area contributed by atoms with Crippen molar-refractivity contribution in [1.82, 2.24) is 4.98 Å². The zero-order valence-corrected chi connectivity index (χ0v) is 11.6. The zero-order valence-electron chi connectivity index (χ0n) is 10.8. The number of rotatable bonds is 3. The van der Waals surface area contributed by atoms with Gasteiger partial charge < -0.3 is 5.32 Å². The summed E-state index contributed by atoms with van der Waals surface area (Å²) in [5.74, 6) is 0.285. The highest BCUT2D eigenvalue weighted by molar-refractivity contribution is 6.30. The van der Waals surface area contributed by atoms with Gasteiger partial charge in [0, 0.05) is 18.3 Å². The summed E-state index contributed by atoms with van der Waals surface area (Å²) in [6.45, 7) is 8.53. The first-order chi connectivity index (χ1) is 8.18. The fourth-order valence-electron chi connectivity index (χ4n) is 2.37. The van der Waals surface area contributed by atoms with Crippen LogP contribution in [0.25, 0.3) is 0 Å². The standard InChI is InChI=1S/C12H16ClN3O2/c1-11(2)10(12(11,3)4)15-9-8(16(17)18)5-7(13)6-14-9/h5-6,10H,1-4H3,(H,14,15). The van der Waals surface area contributed by atoms with E-state index in [1.807, 2.05) is 0 Å². The third-order valence-electron chi connectivity index (χ3n) is 4.33. The fourth-order valence-corrected chi connectivity index (χ4v) is 2.53. The first-order valence-electron chi connectivity index (χ1n) is 5.74. The van der Waals surface area contributed by atoms with E-state index in [1.165, 1.54) is 12.3 Å². The number of nitro groups is 1. The lowest BCUT2D eigenvalue weighted by molar-refractivity contribution is -0.384. The van der Waals surface area contributed by atoms with Gasteiger partial charge in [0.15, 0.2) is 0 Å². The van der Waals surface area contributed by atoms with Crippen LogP contribution in [0, 0.1) is 20.9 Å². The van der Waals surface area contributed by atoms with Crippen molar-refractivity contribution in [2.75, 3.05) is 5.32 Å². The summed E-state index contributed by atoms with van der Waals surface area (Å²) in [7, 11) is 0. The lowest BCUT2D eigenvalue weighted by atomic mass is 10.0. The molecule has 0 atom stereocenters. The van der Waals surface area contributed by atoms with E-state index in [2.05, 4.69) is 38.0 Å². The lowest BCUT2D eigenvalue weighted by Gasteiger charge is -2.07. The van der Waals surface area contributed by atoms with Gasteiger partial charge in [0.2, 0.25) is 5.82 Å². The summed E-state index contributed by atoms with van der Waals surface area (Å²) < 4.78 is 0. The smallest absolute Gasteiger partial charge is 0.312 e. The predicted molar refractivity (Wildman–Crippen MR) is 70.9 cm³/mol. The molecular weight excluding hydrogens is 254 g/mol. The number of nitrogens with zero attached hydrogens (tertiary/aromatic N) is 2. The topological polar surface area (TPSA) is 68.1 Å². The Kier molecular flexibility index (Phi) is 2.77. The van der Waals surface area contributed by atoms with Gasteiger partial charge in [0.25, 0.3) is 0 Å². The van der Waals surface area contributed by atoms with E-state index in [0.717, 1.165) is 0 Å². The molecule has 0 aromatic carbocycles. The number of hydrogen-bond donors (Lipinski definition) is 1. The third-order valence-corrected chi connectivity index (χ3v) is 4.54. The predicted octanol–water partition coefficient (Wildman–Crippen LogP) is 3.49. The average Bonchev–Trinajstić information content (AvgIpc) is 2.62. The SMILES string of the molecule is CC1(C)C(Nc2ncc(Cl)cc2[N+](=O)[O-])C1(C)C. The van der Waals surface area contributed by atoms with Crippen LogP contribution in [0.5, 0.6) is 0 Å². The van der Waals surface area contributed by atoms with Crippen LogP contribution in [-0.4, -0.2) is 15.9 Å². The Balaban J connectivity index is 2.29. The van der Waals surface area contributed by atoms with Crippen LogP contribution in [0.4, 0.5) is 11.5 Å². The molecule has 0 unspecified atom stereocenters. The van der Waals surface area contributed by atoms with E-state index in [9.17, 15) is 10.1 Å². The molecule has 5 nitrogen and oxygen atoms in total. The molecule has 0 amide bonds. The van der Waals surface area contributed by atoms with Gasteiger partial charge in [0.1, 0.15) is 0 Å². The van der Waals surface area contributed by atoms with Gasteiger partial charge in [-0.25, -0.2) is 4.98 Å². The molecule has 1 saturated carbocycles. The van der Waals surface area contributed by atoms with Gasteiger partial charge >= 0.3 is 5.69 Å². The summed E-state index contributed by atoms with van der Waals surface area (Å²) in [6.07, 6.45) is 1.42. The van der Waals surface area contributed by atoms with Gasteiger partial charge in [-0.2, -0.15) is 0 Å². The molecule has 18 heavy (non-hydrogen) atoms. The van der Waals surface area contributed by atoms with Gasteiger partial charge in [-0.1, -0.05) is 39.3 Å². The molecule has 0 aliphatic heterocycles. The summed E-state index contributed by atoms with van der Waals surface area (Å²) in [5, 5.41) is 14.4. The maximum absolute atomic E-state index is 11.0. The van der Waals surface area contributed by atoms with Crippen molar-refractivity contribution in [2.45, 2.75) is 33.7 Å². The van der Waals surface area contributed by atoms with Crippen LogP contribution in [-0.2, 0) is 0 Å². The fraction of sp³-hybridized carbons (Fsp3) is 0.583. The number of pyridine rings is 1. The first-order valence-corrected chi connectivity index (χ1v) is 6.12. The molecular formula is C12H16ClN3O2. The first kappa shape index (κ1) is 13.1. The highest BCUT2D eigenvalue weighted by atomic mass is 35.5. The van der Waals surface area contributed by atoms with Crippen LogP contribution in [0.2, 0.25) is 5.02 Å². The molecule has 1 aromatic heterocycles. The molecule has 98 valence electrons. The van der Waals surface area contributed by atoms with Crippen molar-refractivity contribution in [3.8, 4) is 0 Å². The highest BCUT2D eigenvalue weighted by Gasteiger charge is 2.65. The van der Waals surface area contributed by atoms with Gasteiger partial charge in [-0.3, -0.25) is 10.1 Å². The molecule has 0 spiro atoms. The van der Waals surface area contributed by atoms with Crippen molar-refractivity contribution in [2.24, 2.45) is 10.8 Å². The Morgan fingerprint density at radius 1 is 1.39 bits per heavy atom. The number of nitrogens with one attached hydrogen (secondary N) is 1. The molecule has 1 fully saturated rings. The van der Waals surface area contributed by atoms with E-state index in [0.29, 0.717) is 0 Å². The average molecular weight is 270 g/mol. The third kappa shape index (κ3) is 1.82. The van der Waals surface area contributed by atoms with Crippen molar-refractivity contribution in [3.05, 3.63) is 27.4 Å². The minimum Gasteiger partial charge on any atom is -0.360 e. The van der Waals surface area contributed by atoms with Crippen molar-refractivity contribution in [3.63, 3.8) is 0 Å². The summed E-state index contributed by atoms with van der Waals surface area (Å²) in [5.41, 5.74) is 0.0886. The molecule has 2 rings (SSSR count). The van der Waals surface area contributed by atoms with Crippen LogP contribution < -0.4 is 5.32 Å². The second-order valence-electron chi connectivity index (χ2n) is 5.80. The monoisotopic (exact) mass is 269 g/mol. The molecule has 0 saturated heterocycles. The van der Waals surface area contributed by atoms with E-state index in [1.54, 1.807) is 0 Å². The molecule has 0 radical (unpaired) electrons. The number of hydrogen-bond acceptors (Lipinski definition) is 4. The minimum absolute atomic E-state index is 0.0824. The Morgan fingerprint density at radius 2 is 1.94 bits per heavy atom. The van der Waals surface area contributed by atoms with Crippen LogP contribution in [0.1, 0.15) is 27.7 Å². The van der Waals surface area contributed by atoms with Crippen LogP contribution in [0.15, 0.2) is 12.3 Å². The van der Waals surface area contributed by atoms with E-state index >= 15 is 0 Å². The van der Waals surface area contributed by atoms with E-state index < -0.39 is 4.92 Å². The quantitative estimate of drug-likeness (QED) is 0.674. The minimum atomic E-state index is -0.469. The summed E-state index contributed by atoms with van der Waals surface area (Å²) in [4.78, 5) is 14.5. The van der Waals surface area contributed by atoms with Crippen molar-refractivity contribution in [1.29, 1.82) is 0 Å². The van der Waals surface area contributed by atoms with Gasteiger partial charge in [-0.15, -0.1) is 0 Å². The number of anilines is 1. The zero-order chi connectivity index (χ0) is 13.7. The van der Waals surface area contributed by atoms with Gasteiger partial charge in [-0.05, 0) is 10.8 Å². The Bertz CT molecular complexity index is 500. The Hall–Kier alpha value is -1.36. The molecule has 0 bridgehead atoms. The van der Waals surface area contributed by atoms with Crippen molar-refractivity contribution >= 4 is 23.1 Å². The lowest BCUT2D eigenvalue weighted by Crippen LogP contribution is -2.12. The maximum atomic E-state index is 11.0. The molecule has 1 aliphatic rings. The van der Waals surface area contributed by atoms with E-state index in [4.69, 9.17) is 11.6 Å². The van der Waals surface area contributed by atoms with E-state index in [-0.39, 0.29) is 33.4 Å².